The summed E-state index contributed by atoms with van der Waals surface area (Å²) in [6.07, 6.45) is 0. The zero-order valence-corrected chi connectivity index (χ0v) is 13.2. The topological polar surface area (TPSA) is 76.6 Å². The normalized spacial score (nSPS) is 15.3. The maximum Gasteiger partial charge on any atom is 0.326 e. The van der Waals surface area contributed by atoms with E-state index in [4.69, 9.17) is 9.47 Å². The molecule has 1 fully saturated rings. The zero-order valence-electron chi connectivity index (χ0n) is 13.2. The first-order chi connectivity index (χ1) is 11.2. The van der Waals surface area contributed by atoms with E-state index in [1.54, 1.807) is 21.6 Å². The van der Waals surface area contributed by atoms with Crippen molar-refractivity contribution in [1.82, 2.24) is 14.5 Å². The molecule has 2 aromatic rings. The van der Waals surface area contributed by atoms with E-state index >= 15 is 0 Å². The summed E-state index contributed by atoms with van der Waals surface area (Å²) < 4.78 is 12.2. The van der Waals surface area contributed by atoms with Crippen LogP contribution in [0, 0.1) is 0 Å². The highest BCUT2D eigenvalue weighted by molar-refractivity contribution is 5.97. The van der Waals surface area contributed by atoms with Gasteiger partial charge < -0.3 is 19.4 Å². The van der Waals surface area contributed by atoms with E-state index < -0.39 is 0 Å². The number of nitrogens with one attached hydrogen (secondary N) is 1. The van der Waals surface area contributed by atoms with Gasteiger partial charge in [-0.3, -0.25) is 9.36 Å². The van der Waals surface area contributed by atoms with Gasteiger partial charge in [0.2, 0.25) is 0 Å². The van der Waals surface area contributed by atoms with Crippen molar-refractivity contribution >= 4 is 16.9 Å². The van der Waals surface area contributed by atoms with Crippen molar-refractivity contribution in [2.24, 2.45) is 0 Å². The molecule has 2 heterocycles. The van der Waals surface area contributed by atoms with E-state index in [-0.39, 0.29) is 11.6 Å². The average Bonchev–Trinajstić information content (AvgIpc) is 2.90. The number of aromatic nitrogens is 2. The van der Waals surface area contributed by atoms with Crippen LogP contribution in [-0.2, 0) is 16.0 Å². The monoisotopic (exact) mass is 319 g/mol. The maximum atomic E-state index is 12.5. The zero-order chi connectivity index (χ0) is 16.2. The maximum absolute atomic E-state index is 12.5. The Kier molecular flexibility index (Phi) is 4.78. The predicted octanol–water partition coefficient (Wildman–Crippen LogP) is 0.839. The van der Waals surface area contributed by atoms with Crippen molar-refractivity contribution in [3.8, 4) is 0 Å². The van der Waals surface area contributed by atoms with Gasteiger partial charge in [-0.15, -0.1) is 0 Å². The van der Waals surface area contributed by atoms with Crippen molar-refractivity contribution in [2.75, 3.05) is 39.5 Å². The third-order valence-corrected chi connectivity index (χ3v) is 3.98. The molecule has 0 bridgehead atoms. The fraction of sp³-hybridized carbons (Fsp3) is 0.500. The second kappa shape index (κ2) is 6.97. The first kappa shape index (κ1) is 15.8. The third kappa shape index (κ3) is 3.30. The lowest BCUT2D eigenvalue weighted by Gasteiger charge is -2.26. The van der Waals surface area contributed by atoms with E-state index in [0.29, 0.717) is 57.1 Å². The van der Waals surface area contributed by atoms with Crippen molar-refractivity contribution < 1.29 is 14.3 Å². The molecule has 7 nitrogen and oxygen atoms in total. The van der Waals surface area contributed by atoms with Crippen LogP contribution in [0.3, 0.4) is 0 Å². The molecule has 1 N–H and O–H groups in total. The Labute approximate surface area is 133 Å². The summed E-state index contributed by atoms with van der Waals surface area (Å²) in [6.45, 7) is 5.85. The Morgan fingerprint density at radius 2 is 2.13 bits per heavy atom. The predicted molar refractivity (Wildman–Crippen MR) is 85.8 cm³/mol. The van der Waals surface area contributed by atoms with E-state index in [1.165, 1.54) is 0 Å². The van der Waals surface area contributed by atoms with Gasteiger partial charge in [0.15, 0.2) is 0 Å². The first-order valence-corrected chi connectivity index (χ1v) is 7.88. The number of carbonyl (C=O) groups is 1. The van der Waals surface area contributed by atoms with Crippen LogP contribution < -0.4 is 5.69 Å². The lowest BCUT2D eigenvalue weighted by atomic mass is 10.1. The minimum Gasteiger partial charge on any atom is -0.380 e. The number of rotatable bonds is 5. The molecule has 7 heteroatoms. The largest absolute Gasteiger partial charge is 0.380 e. The van der Waals surface area contributed by atoms with Crippen LogP contribution >= 0.6 is 0 Å². The summed E-state index contributed by atoms with van der Waals surface area (Å²) in [6, 6.07) is 5.32. The van der Waals surface area contributed by atoms with Crippen molar-refractivity contribution in [1.29, 1.82) is 0 Å². The lowest BCUT2D eigenvalue weighted by Crippen LogP contribution is -2.40. The van der Waals surface area contributed by atoms with E-state index in [9.17, 15) is 9.59 Å². The summed E-state index contributed by atoms with van der Waals surface area (Å²) in [4.78, 5) is 29.1. The minimum absolute atomic E-state index is 0.0295. The summed E-state index contributed by atoms with van der Waals surface area (Å²) >= 11 is 0. The molecule has 0 saturated carbocycles. The number of nitrogens with zero attached hydrogens (tertiary/aromatic N) is 2. The quantitative estimate of drug-likeness (QED) is 0.829. The van der Waals surface area contributed by atoms with Crippen molar-refractivity contribution in [2.45, 2.75) is 13.5 Å². The molecule has 1 aliphatic rings. The Morgan fingerprint density at radius 1 is 1.35 bits per heavy atom. The van der Waals surface area contributed by atoms with E-state index in [1.807, 2.05) is 13.0 Å². The number of carbonyl (C=O) groups excluding carboxylic acids is 1. The van der Waals surface area contributed by atoms with Crippen LogP contribution in [0.4, 0.5) is 0 Å². The summed E-state index contributed by atoms with van der Waals surface area (Å²) in [5.41, 5.74) is 1.85. The number of aromatic amines is 1. The van der Waals surface area contributed by atoms with Crippen molar-refractivity contribution in [3.05, 3.63) is 34.2 Å². The summed E-state index contributed by atoms with van der Waals surface area (Å²) in [5, 5.41) is 0. The summed E-state index contributed by atoms with van der Waals surface area (Å²) in [5.74, 6) is -0.0295. The van der Waals surface area contributed by atoms with Gasteiger partial charge in [-0.1, -0.05) is 0 Å². The minimum atomic E-state index is -0.185. The van der Waals surface area contributed by atoms with Gasteiger partial charge in [0, 0.05) is 25.3 Å². The molecule has 0 aliphatic carbocycles. The highest BCUT2D eigenvalue weighted by atomic mass is 16.5. The number of amides is 1. The highest BCUT2D eigenvalue weighted by Crippen LogP contribution is 2.15. The van der Waals surface area contributed by atoms with Gasteiger partial charge >= 0.3 is 5.69 Å². The molecule has 1 aliphatic heterocycles. The molecule has 0 radical (unpaired) electrons. The van der Waals surface area contributed by atoms with Crippen LogP contribution in [0.25, 0.3) is 11.0 Å². The lowest BCUT2D eigenvalue weighted by molar-refractivity contribution is 0.0303. The number of H-pyrrole nitrogens is 1. The fourth-order valence-corrected chi connectivity index (χ4v) is 2.77. The van der Waals surface area contributed by atoms with E-state index in [2.05, 4.69) is 4.98 Å². The molecule has 3 rings (SSSR count). The molecular weight excluding hydrogens is 298 g/mol. The van der Waals surface area contributed by atoms with Crippen LogP contribution in [0.5, 0.6) is 0 Å². The molecule has 0 unspecified atom stereocenters. The highest BCUT2D eigenvalue weighted by Gasteiger charge is 2.19. The number of benzene rings is 1. The van der Waals surface area contributed by atoms with Gasteiger partial charge in [0.1, 0.15) is 0 Å². The molecule has 23 heavy (non-hydrogen) atoms. The van der Waals surface area contributed by atoms with Gasteiger partial charge in [0.25, 0.3) is 5.91 Å². The van der Waals surface area contributed by atoms with Crippen LogP contribution in [0.15, 0.2) is 23.0 Å². The van der Waals surface area contributed by atoms with Crippen LogP contribution in [0.2, 0.25) is 0 Å². The fourth-order valence-electron chi connectivity index (χ4n) is 2.77. The van der Waals surface area contributed by atoms with Crippen LogP contribution in [0.1, 0.15) is 17.3 Å². The molecule has 0 spiro atoms. The van der Waals surface area contributed by atoms with E-state index in [0.717, 1.165) is 5.52 Å². The van der Waals surface area contributed by atoms with Gasteiger partial charge in [-0.25, -0.2) is 4.79 Å². The number of fused-ring (bicyclic) bond motifs is 1. The molecule has 1 amide bonds. The Hall–Kier alpha value is -2.12. The summed E-state index contributed by atoms with van der Waals surface area (Å²) in [7, 11) is 0. The Bertz CT molecular complexity index is 743. The van der Waals surface area contributed by atoms with Crippen LogP contribution in [-0.4, -0.2) is 59.9 Å². The molecule has 1 aromatic carbocycles. The second-order valence-corrected chi connectivity index (χ2v) is 5.42. The smallest absolute Gasteiger partial charge is 0.326 e. The number of morpholine rings is 1. The first-order valence-electron chi connectivity index (χ1n) is 7.88. The Morgan fingerprint density at radius 3 is 2.87 bits per heavy atom. The van der Waals surface area contributed by atoms with Crippen molar-refractivity contribution in [3.63, 3.8) is 0 Å². The van der Waals surface area contributed by atoms with Gasteiger partial charge in [0.05, 0.1) is 37.4 Å². The standard InChI is InChI=1S/C16H21N3O4/c1-2-22-10-7-19-14-4-3-12(11-13(14)17-16(19)21)15(20)18-5-8-23-9-6-18/h3-4,11H,2,5-10H2,1H3,(H,17,21). The molecule has 124 valence electrons. The number of imidazole rings is 1. The molecule has 1 saturated heterocycles. The number of ether oxygens (including phenoxy) is 2. The second-order valence-electron chi connectivity index (χ2n) is 5.42. The van der Waals surface area contributed by atoms with Gasteiger partial charge in [-0.05, 0) is 25.1 Å². The molecular formula is C16H21N3O4. The Balaban J connectivity index is 1.84. The van der Waals surface area contributed by atoms with Gasteiger partial charge in [-0.2, -0.15) is 0 Å². The molecule has 0 atom stereocenters. The molecule has 1 aromatic heterocycles. The number of hydrogen-bond acceptors (Lipinski definition) is 4. The SMILES string of the molecule is CCOCCn1c(=O)[nH]c2cc(C(=O)N3CCOCC3)ccc21. The average molecular weight is 319 g/mol. The third-order valence-electron chi connectivity index (χ3n) is 3.98. The number of hydrogen-bond donors (Lipinski definition) is 1.